The number of carboxylic acids is 1. The smallest absolute Gasteiger partial charge is 0.300 e. The molecule has 0 amide bonds. The zero-order valence-electron chi connectivity index (χ0n) is 8.88. The van der Waals surface area contributed by atoms with Gasteiger partial charge in [0, 0.05) is 6.92 Å². The van der Waals surface area contributed by atoms with E-state index in [2.05, 4.69) is 31.1 Å². The average molecular weight is 202 g/mol. The Labute approximate surface area is 80.8 Å². The van der Waals surface area contributed by atoms with Crippen molar-refractivity contribution in [2.45, 2.75) is 39.6 Å². The van der Waals surface area contributed by atoms with Crippen LogP contribution in [0.4, 0.5) is 0 Å². The lowest BCUT2D eigenvalue weighted by Crippen LogP contribution is -2.17. The van der Waals surface area contributed by atoms with Crippen LogP contribution in [0.2, 0.25) is 19.6 Å². The molecular weight excluding hydrogens is 184 g/mol. The minimum Gasteiger partial charge on any atom is -0.481 e. The molecule has 1 atom stereocenters. The fourth-order valence-corrected chi connectivity index (χ4v) is 0.963. The standard InChI is InChI=1S/C7H14OSi.C2H4O2/c1-7(8)5-6-9(2,3)4;1-2(3)4/h7-8H,1-4H3;1H3,(H,3,4)/t7-;/m1./s1. The van der Waals surface area contributed by atoms with Crippen molar-refractivity contribution < 1.29 is 15.0 Å². The zero-order valence-corrected chi connectivity index (χ0v) is 9.88. The highest BCUT2D eigenvalue weighted by atomic mass is 28.3. The molecule has 4 heteroatoms. The Bertz CT molecular complexity index is 201. The van der Waals surface area contributed by atoms with E-state index in [0.29, 0.717) is 0 Å². The van der Waals surface area contributed by atoms with Gasteiger partial charge in [-0.3, -0.25) is 4.79 Å². The molecule has 0 aromatic rings. The largest absolute Gasteiger partial charge is 0.481 e. The monoisotopic (exact) mass is 202 g/mol. The van der Waals surface area contributed by atoms with Crippen LogP contribution >= 0.6 is 0 Å². The van der Waals surface area contributed by atoms with Crippen LogP contribution in [-0.2, 0) is 4.79 Å². The first-order valence-corrected chi connectivity index (χ1v) is 7.55. The van der Waals surface area contributed by atoms with E-state index < -0.39 is 20.1 Å². The maximum absolute atomic E-state index is 9.00. The van der Waals surface area contributed by atoms with Gasteiger partial charge in [0.05, 0.1) is 0 Å². The predicted octanol–water partition coefficient (Wildman–Crippen LogP) is 1.34. The Hall–Kier alpha value is -0.793. The van der Waals surface area contributed by atoms with Gasteiger partial charge in [-0.1, -0.05) is 25.6 Å². The SMILES string of the molecule is CC(=O)O.C[C@@H](O)C#C[Si](C)(C)C. The molecule has 0 saturated carbocycles. The summed E-state index contributed by atoms with van der Waals surface area (Å²) in [4.78, 5) is 9.00. The Balaban J connectivity index is 0. The van der Waals surface area contributed by atoms with Gasteiger partial charge in [-0.15, -0.1) is 5.54 Å². The number of hydrogen-bond donors (Lipinski definition) is 2. The van der Waals surface area contributed by atoms with E-state index in [1.807, 2.05) is 0 Å². The van der Waals surface area contributed by atoms with Crippen LogP contribution in [-0.4, -0.2) is 30.4 Å². The highest BCUT2D eigenvalue weighted by molar-refractivity contribution is 6.83. The van der Waals surface area contributed by atoms with Crippen molar-refractivity contribution in [3.05, 3.63) is 0 Å². The molecular formula is C9H18O3Si. The average Bonchev–Trinajstić information content (AvgIpc) is 1.80. The fraction of sp³-hybridized carbons (Fsp3) is 0.667. The summed E-state index contributed by atoms with van der Waals surface area (Å²) < 4.78 is 0. The van der Waals surface area contributed by atoms with Crippen molar-refractivity contribution in [2.75, 3.05) is 0 Å². The summed E-state index contributed by atoms with van der Waals surface area (Å²) in [5, 5.41) is 16.2. The number of rotatable bonds is 0. The van der Waals surface area contributed by atoms with Crippen LogP contribution in [0, 0.1) is 11.5 Å². The molecule has 0 saturated heterocycles. The van der Waals surface area contributed by atoms with Gasteiger partial charge < -0.3 is 10.2 Å². The first-order chi connectivity index (χ1) is 5.65. The molecule has 0 unspecified atom stereocenters. The number of aliphatic hydroxyl groups excluding tert-OH is 1. The second-order valence-corrected chi connectivity index (χ2v) is 8.46. The number of aliphatic hydroxyl groups is 1. The van der Waals surface area contributed by atoms with Crippen LogP contribution in [0.3, 0.4) is 0 Å². The van der Waals surface area contributed by atoms with Crippen LogP contribution < -0.4 is 0 Å². The second-order valence-electron chi connectivity index (χ2n) is 3.71. The minimum atomic E-state index is -1.24. The van der Waals surface area contributed by atoms with E-state index in [1.165, 1.54) is 0 Å². The molecule has 0 bridgehead atoms. The van der Waals surface area contributed by atoms with Gasteiger partial charge in [-0.05, 0) is 6.92 Å². The molecule has 0 rings (SSSR count). The number of carbonyl (C=O) groups is 1. The van der Waals surface area contributed by atoms with E-state index in [-0.39, 0.29) is 0 Å². The molecule has 0 aromatic heterocycles. The quantitative estimate of drug-likeness (QED) is 0.460. The van der Waals surface area contributed by atoms with Gasteiger partial charge in [-0.2, -0.15) is 0 Å². The molecule has 76 valence electrons. The van der Waals surface area contributed by atoms with Crippen molar-refractivity contribution in [1.29, 1.82) is 0 Å². The topological polar surface area (TPSA) is 57.5 Å². The lowest BCUT2D eigenvalue weighted by Gasteiger charge is -2.03. The predicted molar refractivity (Wildman–Crippen MR) is 56.1 cm³/mol. The molecule has 0 aromatic carbocycles. The lowest BCUT2D eigenvalue weighted by atomic mass is 10.4. The Kier molecular flexibility index (Phi) is 7.58. The van der Waals surface area contributed by atoms with Gasteiger partial charge in [0.25, 0.3) is 5.97 Å². The Morgan fingerprint density at radius 2 is 1.69 bits per heavy atom. The van der Waals surface area contributed by atoms with E-state index in [4.69, 9.17) is 15.0 Å². The lowest BCUT2D eigenvalue weighted by molar-refractivity contribution is -0.134. The van der Waals surface area contributed by atoms with Crippen LogP contribution in [0.5, 0.6) is 0 Å². The summed E-state index contributed by atoms with van der Waals surface area (Å²) in [6, 6.07) is 0. The summed E-state index contributed by atoms with van der Waals surface area (Å²) in [7, 11) is -1.24. The summed E-state index contributed by atoms with van der Waals surface area (Å²) in [6.45, 7) is 9.24. The van der Waals surface area contributed by atoms with E-state index in [9.17, 15) is 0 Å². The molecule has 0 aliphatic carbocycles. The van der Waals surface area contributed by atoms with E-state index >= 15 is 0 Å². The molecule has 3 nitrogen and oxygen atoms in total. The Morgan fingerprint density at radius 1 is 1.38 bits per heavy atom. The number of carboxylic acid groups (broad SMARTS) is 1. The van der Waals surface area contributed by atoms with E-state index in [0.717, 1.165) is 6.92 Å². The Morgan fingerprint density at radius 3 is 1.77 bits per heavy atom. The molecule has 0 radical (unpaired) electrons. The third-order valence-corrected chi connectivity index (χ3v) is 1.55. The third kappa shape index (κ3) is 35.0. The van der Waals surface area contributed by atoms with Gasteiger partial charge in [0.2, 0.25) is 0 Å². The molecule has 0 aliphatic heterocycles. The van der Waals surface area contributed by atoms with Crippen molar-refractivity contribution in [2.24, 2.45) is 0 Å². The van der Waals surface area contributed by atoms with Crippen LogP contribution in [0.15, 0.2) is 0 Å². The summed E-state index contributed by atoms with van der Waals surface area (Å²) >= 11 is 0. The van der Waals surface area contributed by atoms with Crippen molar-refractivity contribution in [1.82, 2.24) is 0 Å². The van der Waals surface area contributed by atoms with Gasteiger partial charge >= 0.3 is 0 Å². The maximum atomic E-state index is 9.00. The molecule has 0 heterocycles. The maximum Gasteiger partial charge on any atom is 0.300 e. The minimum absolute atomic E-state index is 0.461. The molecule has 0 fully saturated rings. The van der Waals surface area contributed by atoms with Gasteiger partial charge in [-0.25, -0.2) is 0 Å². The molecule has 13 heavy (non-hydrogen) atoms. The van der Waals surface area contributed by atoms with Gasteiger partial charge in [0.1, 0.15) is 14.2 Å². The number of aliphatic carboxylic acids is 1. The summed E-state index contributed by atoms with van der Waals surface area (Å²) in [5.74, 6) is 1.92. The first kappa shape index (κ1) is 14.7. The highest BCUT2D eigenvalue weighted by Crippen LogP contribution is 1.96. The molecule has 2 N–H and O–H groups in total. The normalized spacial score (nSPS) is 11.5. The van der Waals surface area contributed by atoms with Crippen LogP contribution in [0.1, 0.15) is 13.8 Å². The third-order valence-electron chi connectivity index (χ3n) is 0.656. The fourth-order valence-electron chi connectivity index (χ4n) is 0.321. The van der Waals surface area contributed by atoms with E-state index in [1.54, 1.807) is 6.92 Å². The zero-order chi connectivity index (χ0) is 11.1. The summed E-state index contributed by atoms with van der Waals surface area (Å²) in [5.41, 5.74) is 3.06. The van der Waals surface area contributed by atoms with Crippen molar-refractivity contribution in [3.63, 3.8) is 0 Å². The number of hydrogen-bond acceptors (Lipinski definition) is 2. The molecule has 0 aliphatic rings. The summed E-state index contributed by atoms with van der Waals surface area (Å²) in [6.07, 6.45) is -0.461. The van der Waals surface area contributed by atoms with Crippen molar-refractivity contribution in [3.8, 4) is 11.5 Å². The van der Waals surface area contributed by atoms with Crippen molar-refractivity contribution >= 4 is 14.0 Å². The second kappa shape index (κ2) is 6.69. The highest BCUT2D eigenvalue weighted by Gasteiger charge is 2.07. The molecule has 0 spiro atoms. The van der Waals surface area contributed by atoms with Crippen LogP contribution in [0.25, 0.3) is 0 Å². The van der Waals surface area contributed by atoms with Gasteiger partial charge in [0.15, 0.2) is 0 Å². The first-order valence-electron chi connectivity index (χ1n) is 4.05.